The summed E-state index contributed by atoms with van der Waals surface area (Å²) in [6, 6.07) is 3.92. The maximum Gasteiger partial charge on any atom is 0.416 e. The first-order valence-corrected chi connectivity index (χ1v) is 4.42. The van der Waals surface area contributed by atoms with E-state index < -0.39 is 17.7 Å². The highest BCUT2D eigenvalue weighted by atomic mass is 19.4. The van der Waals surface area contributed by atoms with Crippen molar-refractivity contribution in [1.82, 2.24) is 0 Å². The molecule has 0 aromatic heterocycles. The molecule has 0 radical (unpaired) electrons. The Morgan fingerprint density at radius 3 is 2.31 bits per heavy atom. The number of benzene rings is 1. The number of carbonyl (C=O) groups is 1. The fourth-order valence-corrected chi connectivity index (χ4v) is 1.00. The molecule has 1 aromatic carbocycles. The molecule has 0 heterocycles. The van der Waals surface area contributed by atoms with Crippen molar-refractivity contribution in [3.05, 3.63) is 42.5 Å². The summed E-state index contributed by atoms with van der Waals surface area (Å²) >= 11 is 0. The normalized spacial score (nSPS) is 10.9. The maximum atomic E-state index is 12.2. The smallest absolute Gasteiger partial charge is 0.416 e. The number of hydrogen-bond donors (Lipinski definition) is 0. The molecule has 0 unspecified atom stereocenters. The Hall–Kier alpha value is -1.78. The molecule has 1 rings (SSSR count). The lowest BCUT2D eigenvalue weighted by Gasteiger charge is -2.07. The van der Waals surface area contributed by atoms with Gasteiger partial charge in [0.25, 0.3) is 0 Å². The van der Waals surface area contributed by atoms with Gasteiger partial charge in [0.2, 0.25) is 0 Å². The van der Waals surface area contributed by atoms with E-state index in [0.29, 0.717) is 0 Å². The zero-order valence-corrected chi connectivity index (χ0v) is 8.25. The van der Waals surface area contributed by atoms with E-state index in [1.54, 1.807) is 0 Å². The van der Waals surface area contributed by atoms with Crippen molar-refractivity contribution in [2.45, 2.75) is 12.6 Å². The summed E-state index contributed by atoms with van der Waals surface area (Å²) in [6.07, 6.45) is -3.02. The highest BCUT2D eigenvalue weighted by molar-refractivity contribution is 5.73. The van der Waals surface area contributed by atoms with Crippen molar-refractivity contribution in [1.29, 1.82) is 0 Å². The van der Waals surface area contributed by atoms with Crippen molar-refractivity contribution < 1.29 is 22.7 Å². The third kappa shape index (κ3) is 3.42. The fourth-order valence-electron chi connectivity index (χ4n) is 1.00. The van der Waals surface area contributed by atoms with Crippen LogP contribution in [0.1, 0.15) is 12.0 Å². The summed E-state index contributed by atoms with van der Waals surface area (Å²) in [5.41, 5.74) is -0.781. The predicted octanol–water partition coefficient (Wildman–Crippen LogP) is 3.19. The highest BCUT2D eigenvalue weighted by Crippen LogP contribution is 2.30. The molecule has 0 amide bonds. The molecule has 16 heavy (non-hydrogen) atoms. The molecule has 5 heteroatoms. The zero-order chi connectivity index (χ0) is 12.2. The van der Waals surface area contributed by atoms with Gasteiger partial charge >= 0.3 is 12.1 Å². The van der Waals surface area contributed by atoms with Crippen LogP contribution in [-0.2, 0) is 11.0 Å². The van der Waals surface area contributed by atoms with Gasteiger partial charge < -0.3 is 4.74 Å². The number of halogens is 3. The van der Waals surface area contributed by atoms with E-state index in [9.17, 15) is 18.0 Å². The van der Waals surface area contributed by atoms with Crippen molar-refractivity contribution >= 4 is 5.97 Å². The van der Waals surface area contributed by atoms with Crippen LogP contribution in [0.2, 0.25) is 0 Å². The summed E-state index contributed by atoms with van der Waals surface area (Å²) in [4.78, 5) is 11.0. The molecule has 86 valence electrons. The lowest BCUT2D eigenvalue weighted by Crippen LogP contribution is -2.07. The lowest BCUT2D eigenvalue weighted by molar-refractivity contribution is -0.137. The molecule has 0 saturated carbocycles. The molecule has 2 nitrogen and oxygen atoms in total. The number of alkyl halides is 3. The number of esters is 1. The van der Waals surface area contributed by atoms with Gasteiger partial charge in [0.05, 0.1) is 12.0 Å². The average molecular weight is 230 g/mol. The van der Waals surface area contributed by atoms with E-state index in [1.165, 1.54) is 6.08 Å². The molecule has 0 saturated heterocycles. The largest absolute Gasteiger partial charge is 0.426 e. The summed E-state index contributed by atoms with van der Waals surface area (Å²) in [6.45, 7) is 3.34. The van der Waals surface area contributed by atoms with Crippen LogP contribution in [-0.4, -0.2) is 5.97 Å². The molecule has 0 fully saturated rings. The minimum absolute atomic E-state index is 0.0149. The molecular weight excluding hydrogens is 221 g/mol. The third-order valence-electron chi connectivity index (χ3n) is 1.72. The molecule has 0 spiro atoms. The van der Waals surface area contributed by atoms with Gasteiger partial charge in [-0.15, -0.1) is 6.58 Å². The first-order chi connectivity index (χ1) is 7.43. The molecule has 0 atom stereocenters. The predicted molar refractivity (Wildman–Crippen MR) is 51.9 cm³/mol. The van der Waals surface area contributed by atoms with E-state index in [4.69, 9.17) is 4.74 Å². The Kier molecular flexibility index (Phi) is 3.71. The van der Waals surface area contributed by atoms with Crippen LogP contribution >= 0.6 is 0 Å². The third-order valence-corrected chi connectivity index (χ3v) is 1.72. The lowest BCUT2D eigenvalue weighted by atomic mass is 10.2. The Morgan fingerprint density at radius 2 is 1.88 bits per heavy atom. The first kappa shape index (κ1) is 12.3. The number of carbonyl (C=O) groups excluding carboxylic acids is 1. The van der Waals surface area contributed by atoms with Crippen LogP contribution in [0.15, 0.2) is 36.9 Å². The second kappa shape index (κ2) is 4.83. The van der Waals surface area contributed by atoms with Crippen molar-refractivity contribution in [2.24, 2.45) is 0 Å². The van der Waals surface area contributed by atoms with Gasteiger partial charge in [-0.3, -0.25) is 4.79 Å². The fraction of sp³-hybridized carbons (Fsp3) is 0.182. The van der Waals surface area contributed by atoms with E-state index >= 15 is 0 Å². The Morgan fingerprint density at radius 1 is 1.31 bits per heavy atom. The topological polar surface area (TPSA) is 26.3 Å². The quantitative estimate of drug-likeness (QED) is 0.453. The van der Waals surface area contributed by atoms with Gasteiger partial charge in [0.15, 0.2) is 0 Å². The Balaban J connectivity index is 2.72. The van der Waals surface area contributed by atoms with Crippen LogP contribution in [0.3, 0.4) is 0 Å². The number of rotatable bonds is 3. The SMILES string of the molecule is C=CCC(=O)Oc1ccc(C(F)(F)F)cc1. The summed E-state index contributed by atoms with van der Waals surface area (Å²) < 4.78 is 41.3. The maximum absolute atomic E-state index is 12.2. The van der Waals surface area contributed by atoms with Crippen LogP contribution in [0.4, 0.5) is 13.2 Å². The minimum atomic E-state index is -4.39. The molecule has 0 aliphatic rings. The second-order valence-electron chi connectivity index (χ2n) is 2.99. The average Bonchev–Trinajstić information content (AvgIpc) is 2.17. The van der Waals surface area contributed by atoms with Gasteiger partial charge in [-0.2, -0.15) is 13.2 Å². The van der Waals surface area contributed by atoms with Crippen LogP contribution < -0.4 is 4.74 Å². The van der Waals surface area contributed by atoms with Gasteiger partial charge in [0.1, 0.15) is 5.75 Å². The van der Waals surface area contributed by atoms with Crippen molar-refractivity contribution in [2.75, 3.05) is 0 Å². The summed E-state index contributed by atoms with van der Waals surface area (Å²) in [5, 5.41) is 0. The molecule has 1 aromatic rings. The number of hydrogen-bond acceptors (Lipinski definition) is 2. The molecule has 0 N–H and O–H groups in total. The van der Waals surface area contributed by atoms with E-state index in [2.05, 4.69) is 6.58 Å². The molecular formula is C11H9F3O2. The summed E-state index contributed by atoms with van der Waals surface area (Å²) in [5.74, 6) is -0.477. The molecule has 0 bridgehead atoms. The Labute approximate surface area is 90.3 Å². The van der Waals surface area contributed by atoms with Crippen LogP contribution in [0.25, 0.3) is 0 Å². The van der Waals surface area contributed by atoms with Crippen LogP contribution in [0.5, 0.6) is 5.75 Å². The van der Waals surface area contributed by atoms with Gasteiger partial charge in [-0.05, 0) is 24.3 Å². The zero-order valence-electron chi connectivity index (χ0n) is 8.25. The molecule has 0 aliphatic heterocycles. The number of ether oxygens (including phenoxy) is 1. The molecule has 0 aliphatic carbocycles. The minimum Gasteiger partial charge on any atom is -0.426 e. The van der Waals surface area contributed by atoms with Gasteiger partial charge in [-0.1, -0.05) is 6.08 Å². The Bertz CT molecular complexity index is 379. The van der Waals surface area contributed by atoms with Crippen molar-refractivity contribution in [3.63, 3.8) is 0 Å². The van der Waals surface area contributed by atoms with Crippen molar-refractivity contribution in [3.8, 4) is 5.75 Å². The summed E-state index contributed by atoms with van der Waals surface area (Å²) in [7, 11) is 0. The monoisotopic (exact) mass is 230 g/mol. The first-order valence-electron chi connectivity index (χ1n) is 4.42. The van der Waals surface area contributed by atoms with E-state index in [1.807, 2.05) is 0 Å². The second-order valence-corrected chi connectivity index (χ2v) is 2.99. The van der Waals surface area contributed by atoms with Gasteiger partial charge in [-0.25, -0.2) is 0 Å². The standard InChI is InChI=1S/C11H9F3O2/c1-2-3-10(15)16-9-6-4-8(5-7-9)11(12,13)14/h2,4-7H,1,3H2. The van der Waals surface area contributed by atoms with E-state index in [-0.39, 0.29) is 12.2 Å². The van der Waals surface area contributed by atoms with Gasteiger partial charge in [0, 0.05) is 0 Å². The van der Waals surface area contributed by atoms with E-state index in [0.717, 1.165) is 24.3 Å². The van der Waals surface area contributed by atoms with Crippen LogP contribution in [0, 0.1) is 0 Å². The highest BCUT2D eigenvalue weighted by Gasteiger charge is 2.30.